The number of hydrogen-bond acceptors (Lipinski definition) is 7. The van der Waals surface area contributed by atoms with Gasteiger partial charge in [-0.2, -0.15) is 0 Å². The predicted octanol–water partition coefficient (Wildman–Crippen LogP) is -2.35. The van der Waals surface area contributed by atoms with Crippen LogP contribution in [0.4, 0.5) is 9.59 Å². The quantitative estimate of drug-likeness (QED) is 0.295. The number of amides is 4. The third-order valence-electron chi connectivity index (χ3n) is 2.52. The second-order valence-electron chi connectivity index (χ2n) is 4.29. The lowest BCUT2D eigenvalue weighted by Gasteiger charge is -2.12. The van der Waals surface area contributed by atoms with Crippen LogP contribution < -0.4 is 27.0 Å². The largest absolute Gasteiger partial charge is 0.453 e. The van der Waals surface area contributed by atoms with E-state index in [2.05, 4.69) is 30.7 Å². The van der Waals surface area contributed by atoms with E-state index in [1.807, 2.05) is 0 Å². The number of methoxy groups -OCH3 is 2. The van der Waals surface area contributed by atoms with Gasteiger partial charge in [0, 0.05) is 26.2 Å². The highest BCUT2D eigenvalue weighted by Crippen LogP contribution is 1.88. The number of hydrogen-bond donors (Lipinski definition) is 5. The summed E-state index contributed by atoms with van der Waals surface area (Å²) >= 11 is 0. The fraction of sp³-hybridized carbons (Fsp3) is 0.667. The molecule has 0 spiro atoms. The molecule has 0 aliphatic carbocycles. The minimum atomic E-state index is -1.01. The molecule has 6 N–H and O–H groups in total. The number of rotatable bonds is 9. The Morgan fingerprint density at radius 1 is 0.826 bits per heavy atom. The smallest absolute Gasteiger partial charge is 0.406 e. The monoisotopic (exact) mass is 333 g/mol. The number of carbonyl (C=O) groups is 4. The van der Waals surface area contributed by atoms with Crippen molar-refractivity contribution in [2.24, 2.45) is 5.73 Å². The van der Waals surface area contributed by atoms with Crippen molar-refractivity contribution in [3.05, 3.63) is 0 Å². The minimum absolute atomic E-state index is 0.159. The van der Waals surface area contributed by atoms with Crippen LogP contribution in [0.5, 0.6) is 0 Å². The molecule has 0 heterocycles. The highest BCUT2D eigenvalue weighted by atomic mass is 16.5. The Hall–Kier alpha value is -2.56. The minimum Gasteiger partial charge on any atom is -0.453 e. The van der Waals surface area contributed by atoms with Crippen molar-refractivity contribution in [3.63, 3.8) is 0 Å². The van der Waals surface area contributed by atoms with Gasteiger partial charge in [0.15, 0.2) is 0 Å². The number of ether oxygens (including phenoxy) is 2. The molecule has 0 radical (unpaired) electrons. The van der Waals surface area contributed by atoms with E-state index in [0.717, 1.165) is 0 Å². The molecule has 0 aromatic carbocycles. The molecule has 0 aromatic rings. The van der Waals surface area contributed by atoms with E-state index < -0.39 is 30.0 Å². The van der Waals surface area contributed by atoms with Crippen LogP contribution in [-0.2, 0) is 19.1 Å². The molecule has 4 amide bonds. The van der Waals surface area contributed by atoms with Crippen LogP contribution in [0.1, 0.15) is 6.42 Å². The Morgan fingerprint density at radius 2 is 1.26 bits per heavy atom. The Labute approximate surface area is 133 Å². The molecule has 11 heteroatoms. The van der Waals surface area contributed by atoms with Gasteiger partial charge in [-0.3, -0.25) is 9.59 Å². The molecule has 1 unspecified atom stereocenters. The van der Waals surface area contributed by atoms with Gasteiger partial charge in [-0.25, -0.2) is 9.59 Å². The van der Waals surface area contributed by atoms with Gasteiger partial charge in [0.05, 0.1) is 26.7 Å². The van der Waals surface area contributed by atoms with Gasteiger partial charge in [-0.1, -0.05) is 0 Å². The number of alkyl carbamates (subject to hydrolysis) is 2. The second-order valence-corrected chi connectivity index (χ2v) is 4.29. The van der Waals surface area contributed by atoms with Crippen LogP contribution in [0, 0.1) is 0 Å². The summed E-state index contributed by atoms with van der Waals surface area (Å²) in [4.78, 5) is 44.7. The van der Waals surface area contributed by atoms with Crippen molar-refractivity contribution in [2.45, 2.75) is 12.5 Å². The van der Waals surface area contributed by atoms with Gasteiger partial charge in [-0.05, 0) is 0 Å². The van der Waals surface area contributed by atoms with E-state index in [1.165, 1.54) is 14.2 Å². The summed E-state index contributed by atoms with van der Waals surface area (Å²) in [6.45, 7) is 0.715. The first-order valence-corrected chi connectivity index (χ1v) is 6.84. The van der Waals surface area contributed by atoms with Crippen molar-refractivity contribution in [1.82, 2.24) is 21.3 Å². The first-order chi connectivity index (χ1) is 10.9. The summed E-state index contributed by atoms with van der Waals surface area (Å²) in [6.07, 6.45) is -1.41. The maximum absolute atomic E-state index is 11.6. The number of carbonyl (C=O) groups excluding carboxylic acids is 4. The van der Waals surface area contributed by atoms with Gasteiger partial charge in [-0.15, -0.1) is 0 Å². The molecule has 1 atom stereocenters. The van der Waals surface area contributed by atoms with Crippen LogP contribution in [0.15, 0.2) is 0 Å². The third-order valence-corrected chi connectivity index (χ3v) is 2.52. The number of nitrogens with one attached hydrogen (secondary N) is 4. The highest BCUT2D eigenvalue weighted by Gasteiger charge is 2.16. The molecule has 11 nitrogen and oxygen atoms in total. The maximum atomic E-state index is 11.6. The lowest BCUT2D eigenvalue weighted by Crippen LogP contribution is -2.46. The van der Waals surface area contributed by atoms with Crippen LogP contribution >= 0.6 is 0 Å². The van der Waals surface area contributed by atoms with Gasteiger partial charge >= 0.3 is 12.2 Å². The average Bonchev–Trinajstić information content (AvgIpc) is 2.54. The summed E-state index contributed by atoms with van der Waals surface area (Å²) in [6, 6.07) is -1.01. The summed E-state index contributed by atoms with van der Waals surface area (Å²) in [5.41, 5.74) is 5.59. The second kappa shape index (κ2) is 12.0. The zero-order valence-corrected chi connectivity index (χ0v) is 13.1. The fourth-order valence-corrected chi connectivity index (χ4v) is 1.36. The van der Waals surface area contributed by atoms with Crippen LogP contribution in [0.3, 0.4) is 0 Å². The van der Waals surface area contributed by atoms with Crippen molar-refractivity contribution in [1.29, 1.82) is 0 Å². The van der Waals surface area contributed by atoms with E-state index in [4.69, 9.17) is 5.73 Å². The molecular formula is C12H23N5O6. The van der Waals surface area contributed by atoms with Crippen molar-refractivity contribution in [2.75, 3.05) is 40.4 Å². The molecule has 23 heavy (non-hydrogen) atoms. The topological polar surface area (TPSA) is 161 Å². The van der Waals surface area contributed by atoms with Crippen molar-refractivity contribution >= 4 is 24.0 Å². The Balaban J connectivity index is 3.78. The van der Waals surface area contributed by atoms with E-state index in [9.17, 15) is 19.2 Å². The lowest BCUT2D eigenvalue weighted by atomic mass is 10.2. The summed E-state index contributed by atoms with van der Waals surface area (Å²) in [5, 5.41) is 9.72. The van der Waals surface area contributed by atoms with E-state index in [1.54, 1.807) is 0 Å². The van der Waals surface area contributed by atoms with Gasteiger partial charge < -0.3 is 36.5 Å². The Morgan fingerprint density at radius 3 is 1.74 bits per heavy atom. The summed E-state index contributed by atoms with van der Waals surface area (Å²) in [5.74, 6) is -0.938. The third kappa shape index (κ3) is 10.8. The first-order valence-electron chi connectivity index (χ1n) is 6.84. The molecule has 0 aliphatic rings. The van der Waals surface area contributed by atoms with Gasteiger partial charge in [0.2, 0.25) is 11.8 Å². The Bertz CT molecular complexity index is 417. The summed E-state index contributed by atoms with van der Waals surface area (Å²) < 4.78 is 8.70. The molecule has 0 saturated heterocycles. The molecule has 0 bridgehead atoms. The SMILES string of the molecule is COC(=O)NCCNC(=O)CC(N)C(=O)NCCNC(=O)OC. The molecule has 0 aliphatic heterocycles. The van der Waals surface area contributed by atoms with Crippen molar-refractivity contribution < 1.29 is 28.7 Å². The summed E-state index contributed by atoms with van der Waals surface area (Å²) in [7, 11) is 2.45. The fourth-order valence-electron chi connectivity index (χ4n) is 1.36. The molecule has 0 aromatic heterocycles. The van der Waals surface area contributed by atoms with Gasteiger partial charge in [0.1, 0.15) is 0 Å². The zero-order valence-electron chi connectivity index (χ0n) is 13.1. The lowest BCUT2D eigenvalue weighted by molar-refractivity contribution is -0.127. The van der Waals surface area contributed by atoms with Crippen molar-refractivity contribution in [3.8, 4) is 0 Å². The molecule has 0 saturated carbocycles. The van der Waals surface area contributed by atoms with Crippen LogP contribution in [0.25, 0.3) is 0 Å². The molecule has 0 fully saturated rings. The normalized spacial score (nSPS) is 10.9. The number of nitrogens with two attached hydrogens (primary N) is 1. The first kappa shape index (κ1) is 20.4. The maximum Gasteiger partial charge on any atom is 0.406 e. The van der Waals surface area contributed by atoms with E-state index >= 15 is 0 Å². The van der Waals surface area contributed by atoms with E-state index in [0.29, 0.717) is 0 Å². The molecular weight excluding hydrogens is 310 g/mol. The van der Waals surface area contributed by atoms with Crippen LogP contribution in [-0.4, -0.2) is 70.4 Å². The van der Waals surface area contributed by atoms with Crippen LogP contribution in [0.2, 0.25) is 0 Å². The standard InChI is InChI=1S/C12H23N5O6/c1-22-11(20)16-5-3-14-9(18)7-8(13)10(19)15-4-6-17-12(21)23-2/h8H,3-7,13H2,1-2H3,(H,14,18)(H,15,19)(H,16,20)(H,17,21). The zero-order chi connectivity index (χ0) is 17.7. The van der Waals surface area contributed by atoms with E-state index in [-0.39, 0.29) is 32.6 Å². The Kier molecular flexibility index (Phi) is 10.7. The van der Waals surface area contributed by atoms with Gasteiger partial charge in [0.25, 0.3) is 0 Å². The molecule has 0 rings (SSSR count). The predicted molar refractivity (Wildman–Crippen MR) is 79.4 cm³/mol. The highest BCUT2D eigenvalue weighted by molar-refractivity contribution is 5.88. The average molecular weight is 333 g/mol. The molecule has 132 valence electrons.